The number of hydrogen-bond donors (Lipinski definition) is 2. The van der Waals surface area contributed by atoms with Crippen LogP contribution in [0.15, 0.2) is 24.5 Å². The molecule has 1 aromatic carbocycles. The Morgan fingerprint density at radius 2 is 2.32 bits per heavy atom. The van der Waals surface area contributed by atoms with E-state index in [4.69, 9.17) is 9.84 Å². The number of imidazole rings is 1. The number of hydrogen-bond acceptors (Lipinski definition) is 3. The molecule has 19 heavy (non-hydrogen) atoms. The summed E-state index contributed by atoms with van der Waals surface area (Å²) in [6.45, 7) is 2.15. The topological polar surface area (TPSA) is 75.2 Å². The van der Waals surface area contributed by atoms with E-state index in [9.17, 15) is 9.18 Å². The Labute approximate surface area is 109 Å². The molecule has 2 rings (SSSR count). The predicted octanol–water partition coefficient (Wildman–Crippen LogP) is 2.24. The van der Waals surface area contributed by atoms with Crippen molar-refractivity contribution >= 4 is 5.97 Å². The molecule has 0 atom stereocenters. The Hall–Kier alpha value is -2.37. The third kappa shape index (κ3) is 2.90. The predicted molar refractivity (Wildman–Crippen MR) is 66.5 cm³/mol. The van der Waals surface area contributed by atoms with Crippen LogP contribution in [-0.4, -0.2) is 27.7 Å². The van der Waals surface area contributed by atoms with E-state index in [0.29, 0.717) is 23.6 Å². The minimum atomic E-state index is -0.975. The Balaban J connectivity index is 2.34. The van der Waals surface area contributed by atoms with Gasteiger partial charge in [-0.2, -0.15) is 0 Å². The monoisotopic (exact) mass is 264 g/mol. The molecule has 2 N–H and O–H groups in total. The maximum atomic E-state index is 13.7. The number of aromatic nitrogens is 2. The normalized spacial score (nSPS) is 10.4. The molecule has 5 nitrogen and oxygen atoms in total. The van der Waals surface area contributed by atoms with Crippen molar-refractivity contribution in [2.75, 3.05) is 6.61 Å². The summed E-state index contributed by atoms with van der Waals surface area (Å²) in [5.41, 5.74) is 1.39. The fourth-order valence-corrected chi connectivity index (χ4v) is 1.78. The summed E-state index contributed by atoms with van der Waals surface area (Å²) in [5, 5.41) is 8.78. The second-order valence-electron chi connectivity index (χ2n) is 3.88. The lowest BCUT2D eigenvalue weighted by Crippen LogP contribution is -2.02. The zero-order chi connectivity index (χ0) is 13.8. The Morgan fingerprint density at radius 1 is 1.53 bits per heavy atom. The minimum Gasteiger partial charge on any atom is -0.491 e. The number of benzene rings is 1. The van der Waals surface area contributed by atoms with Gasteiger partial charge in [-0.1, -0.05) is 0 Å². The molecule has 100 valence electrons. The molecule has 0 saturated carbocycles. The van der Waals surface area contributed by atoms with Crippen molar-refractivity contribution in [2.45, 2.75) is 13.3 Å². The Bertz CT molecular complexity index is 595. The van der Waals surface area contributed by atoms with Crippen LogP contribution in [0, 0.1) is 5.82 Å². The Kier molecular flexibility index (Phi) is 3.79. The molecular formula is C13H13FN2O3. The minimum absolute atomic E-state index is 0.168. The average Bonchev–Trinajstić information content (AvgIpc) is 2.79. The van der Waals surface area contributed by atoms with Crippen molar-refractivity contribution in [3.63, 3.8) is 0 Å². The summed E-state index contributed by atoms with van der Waals surface area (Å²) < 4.78 is 18.9. The van der Waals surface area contributed by atoms with Crippen LogP contribution in [0.25, 0.3) is 11.3 Å². The van der Waals surface area contributed by atoms with E-state index in [1.54, 1.807) is 13.0 Å². The van der Waals surface area contributed by atoms with Gasteiger partial charge in [0, 0.05) is 5.56 Å². The maximum Gasteiger partial charge on any atom is 0.309 e. The molecule has 0 aliphatic rings. The van der Waals surface area contributed by atoms with Crippen molar-refractivity contribution in [3.8, 4) is 17.0 Å². The van der Waals surface area contributed by atoms with Crippen LogP contribution in [-0.2, 0) is 11.2 Å². The van der Waals surface area contributed by atoms with E-state index < -0.39 is 11.8 Å². The molecule has 0 aliphatic heterocycles. The van der Waals surface area contributed by atoms with Crippen molar-refractivity contribution in [1.82, 2.24) is 9.97 Å². The molecule has 1 heterocycles. The van der Waals surface area contributed by atoms with E-state index in [-0.39, 0.29) is 12.2 Å². The highest BCUT2D eigenvalue weighted by molar-refractivity contribution is 5.74. The first kappa shape index (κ1) is 13.1. The van der Waals surface area contributed by atoms with Crippen molar-refractivity contribution in [2.24, 2.45) is 0 Å². The van der Waals surface area contributed by atoms with Crippen LogP contribution in [0.5, 0.6) is 5.75 Å². The van der Waals surface area contributed by atoms with E-state index in [1.165, 1.54) is 18.5 Å². The fraction of sp³-hybridized carbons (Fsp3) is 0.231. The number of aromatic amines is 1. The molecule has 0 saturated heterocycles. The van der Waals surface area contributed by atoms with Crippen LogP contribution in [0.1, 0.15) is 12.6 Å². The molecule has 6 heteroatoms. The molecule has 0 radical (unpaired) electrons. The number of nitrogens with zero attached hydrogens (tertiary/aromatic N) is 1. The van der Waals surface area contributed by atoms with Crippen LogP contribution < -0.4 is 4.74 Å². The lowest BCUT2D eigenvalue weighted by atomic mass is 10.1. The number of rotatable bonds is 5. The van der Waals surface area contributed by atoms with E-state index >= 15 is 0 Å². The maximum absolute atomic E-state index is 13.7. The molecule has 0 spiro atoms. The van der Waals surface area contributed by atoms with Gasteiger partial charge in [0.15, 0.2) is 11.6 Å². The first-order valence-corrected chi connectivity index (χ1v) is 5.78. The van der Waals surface area contributed by atoms with Crippen LogP contribution in [0.3, 0.4) is 0 Å². The van der Waals surface area contributed by atoms with Gasteiger partial charge in [0.2, 0.25) is 0 Å². The lowest BCUT2D eigenvalue weighted by Gasteiger charge is -2.06. The summed E-state index contributed by atoms with van der Waals surface area (Å²) in [7, 11) is 0. The highest BCUT2D eigenvalue weighted by atomic mass is 19.1. The van der Waals surface area contributed by atoms with E-state index in [0.717, 1.165) is 0 Å². The van der Waals surface area contributed by atoms with Crippen molar-refractivity contribution in [1.29, 1.82) is 0 Å². The third-order valence-electron chi connectivity index (χ3n) is 2.55. The van der Waals surface area contributed by atoms with Gasteiger partial charge in [0.05, 0.1) is 30.7 Å². The molecule has 1 aromatic heterocycles. The van der Waals surface area contributed by atoms with Gasteiger partial charge in [0.25, 0.3) is 0 Å². The molecule has 0 aliphatic carbocycles. The lowest BCUT2D eigenvalue weighted by molar-refractivity contribution is -0.136. The first-order chi connectivity index (χ1) is 9.11. The fourth-order valence-electron chi connectivity index (χ4n) is 1.78. The van der Waals surface area contributed by atoms with Crippen LogP contribution in [0.4, 0.5) is 4.39 Å². The SMILES string of the molecule is CCOc1ccc(-c2nc[nH]c2CC(=O)O)cc1F. The standard InChI is InChI=1S/C13H13FN2O3/c1-2-19-11-4-3-8(5-9(11)14)13-10(6-12(17)18)15-7-16-13/h3-5,7H,2,6H2,1H3,(H,15,16)(H,17,18). The first-order valence-electron chi connectivity index (χ1n) is 5.78. The highest BCUT2D eigenvalue weighted by Crippen LogP contribution is 2.26. The smallest absolute Gasteiger partial charge is 0.309 e. The number of nitrogens with one attached hydrogen (secondary N) is 1. The quantitative estimate of drug-likeness (QED) is 0.868. The number of carboxylic acids is 1. The largest absolute Gasteiger partial charge is 0.491 e. The highest BCUT2D eigenvalue weighted by Gasteiger charge is 2.13. The zero-order valence-corrected chi connectivity index (χ0v) is 10.3. The number of ether oxygens (including phenoxy) is 1. The summed E-state index contributed by atoms with van der Waals surface area (Å²) >= 11 is 0. The van der Waals surface area contributed by atoms with Gasteiger partial charge >= 0.3 is 5.97 Å². The number of H-pyrrole nitrogens is 1. The zero-order valence-electron chi connectivity index (χ0n) is 10.3. The number of aliphatic carboxylic acids is 1. The third-order valence-corrected chi connectivity index (χ3v) is 2.55. The number of halogens is 1. The van der Waals surface area contributed by atoms with Gasteiger partial charge in [0.1, 0.15) is 0 Å². The number of carboxylic acid groups (broad SMARTS) is 1. The second kappa shape index (κ2) is 5.51. The van der Waals surface area contributed by atoms with Gasteiger partial charge in [-0.15, -0.1) is 0 Å². The van der Waals surface area contributed by atoms with Crippen LogP contribution in [0.2, 0.25) is 0 Å². The van der Waals surface area contributed by atoms with Gasteiger partial charge in [-0.05, 0) is 25.1 Å². The number of carbonyl (C=O) groups is 1. The van der Waals surface area contributed by atoms with E-state index in [2.05, 4.69) is 9.97 Å². The summed E-state index contributed by atoms with van der Waals surface area (Å²) in [4.78, 5) is 17.5. The van der Waals surface area contributed by atoms with E-state index in [1.807, 2.05) is 0 Å². The summed E-state index contributed by atoms with van der Waals surface area (Å²) in [6.07, 6.45) is 1.20. The van der Waals surface area contributed by atoms with Crippen molar-refractivity contribution < 1.29 is 19.0 Å². The van der Waals surface area contributed by atoms with Gasteiger partial charge < -0.3 is 14.8 Å². The van der Waals surface area contributed by atoms with Crippen molar-refractivity contribution in [3.05, 3.63) is 36.0 Å². The molecule has 0 unspecified atom stereocenters. The van der Waals surface area contributed by atoms with Crippen LogP contribution >= 0.6 is 0 Å². The summed E-state index contributed by atoms with van der Waals surface area (Å²) in [6, 6.07) is 4.44. The molecule has 0 bridgehead atoms. The molecular weight excluding hydrogens is 251 g/mol. The van der Waals surface area contributed by atoms with Gasteiger partial charge in [-0.25, -0.2) is 9.37 Å². The summed E-state index contributed by atoms with van der Waals surface area (Å²) in [5.74, 6) is -1.30. The molecule has 0 fully saturated rings. The second-order valence-corrected chi connectivity index (χ2v) is 3.88. The Morgan fingerprint density at radius 3 is 2.95 bits per heavy atom. The molecule has 2 aromatic rings. The van der Waals surface area contributed by atoms with Gasteiger partial charge in [-0.3, -0.25) is 4.79 Å². The molecule has 0 amide bonds. The average molecular weight is 264 g/mol.